The van der Waals surface area contributed by atoms with E-state index >= 15 is 0 Å². The number of nitrogens with zero attached hydrogens (tertiary/aromatic N) is 1. The largest absolute Gasteiger partial charge is 0.445 e. The second kappa shape index (κ2) is 9.93. The number of anilines is 1. The SMILES string of the molecule is O=S(=O)(NCc1cccc2ccccc12)c1cc(Cl)c(Oc2cccc(N3CCNCC3)c2)s1. The highest BCUT2D eigenvalue weighted by Gasteiger charge is 2.21. The van der Waals surface area contributed by atoms with Crippen molar-refractivity contribution in [1.82, 2.24) is 10.0 Å². The summed E-state index contributed by atoms with van der Waals surface area (Å²) >= 11 is 7.37. The van der Waals surface area contributed by atoms with Gasteiger partial charge in [-0.15, -0.1) is 0 Å². The van der Waals surface area contributed by atoms with Gasteiger partial charge in [-0.1, -0.05) is 71.5 Å². The van der Waals surface area contributed by atoms with Crippen molar-refractivity contribution < 1.29 is 13.2 Å². The normalized spacial score (nSPS) is 14.4. The first-order valence-corrected chi connectivity index (χ1v) is 13.7. The molecular weight excluding hydrogens is 490 g/mol. The van der Waals surface area contributed by atoms with Crippen LogP contribution in [0.2, 0.25) is 5.02 Å². The summed E-state index contributed by atoms with van der Waals surface area (Å²) in [7, 11) is -3.76. The van der Waals surface area contributed by atoms with Gasteiger partial charge in [-0.2, -0.15) is 0 Å². The van der Waals surface area contributed by atoms with Crippen molar-refractivity contribution in [3.8, 4) is 10.8 Å². The van der Waals surface area contributed by atoms with Crippen LogP contribution >= 0.6 is 22.9 Å². The van der Waals surface area contributed by atoms with Crippen molar-refractivity contribution in [2.75, 3.05) is 31.1 Å². The summed E-state index contributed by atoms with van der Waals surface area (Å²) in [5.74, 6) is 0.618. The minimum atomic E-state index is -3.76. The Bertz CT molecular complexity index is 1410. The highest BCUT2D eigenvalue weighted by Crippen LogP contribution is 2.40. The zero-order valence-electron chi connectivity index (χ0n) is 18.3. The van der Waals surface area contributed by atoms with Crippen molar-refractivity contribution in [3.63, 3.8) is 0 Å². The zero-order chi connectivity index (χ0) is 23.5. The predicted octanol–water partition coefficient (Wildman–Crippen LogP) is 5.24. The number of benzene rings is 3. The average Bonchev–Trinajstić information content (AvgIpc) is 3.24. The number of hydrogen-bond acceptors (Lipinski definition) is 6. The summed E-state index contributed by atoms with van der Waals surface area (Å²) in [5.41, 5.74) is 1.97. The lowest BCUT2D eigenvalue weighted by atomic mass is 10.1. The second-order valence-corrected chi connectivity index (χ2v) is 11.4. The summed E-state index contributed by atoms with van der Waals surface area (Å²) in [5, 5.41) is 6.04. The van der Waals surface area contributed by atoms with E-state index in [1.807, 2.05) is 66.7 Å². The molecule has 0 bridgehead atoms. The molecule has 1 fully saturated rings. The number of hydrogen-bond donors (Lipinski definition) is 2. The fourth-order valence-corrected chi connectivity index (χ4v) is 6.65. The molecule has 2 heterocycles. The molecule has 34 heavy (non-hydrogen) atoms. The molecule has 5 rings (SSSR count). The number of sulfonamides is 1. The summed E-state index contributed by atoms with van der Waals surface area (Å²) < 4.78 is 34.8. The van der Waals surface area contributed by atoms with Gasteiger partial charge in [0.05, 0.1) is 5.02 Å². The van der Waals surface area contributed by atoms with Gasteiger partial charge in [0, 0.05) is 44.5 Å². The maximum Gasteiger partial charge on any atom is 0.250 e. The highest BCUT2D eigenvalue weighted by molar-refractivity contribution is 7.91. The van der Waals surface area contributed by atoms with Gasteiger partial charge in [0.25, 0.3) is 10.0 Å². The van der Waals surface area contributed by atoms with Gasteiger partial charge in [-0.25, -0.2) is 13.1 Å². The van der Waals surface area contributed by atoms with Crippen LogP contribution in [0, 0.1) is 0 Å². The van der Waals surface area contributed by atoms with E-state index < -0.39 is 10.0 Å². The number of rotatable bonds is 7. The minimum absolute atomic E-state index is 0.117. The van der Waals surface area contributed by atoms with Crippen molar-refractivity contribution >= 4 is 49.4 Å². The standard InChI is InChI=1S/C25H24ClN3O3S2/c26-23-16-24(34(30,31)28-17-19-7-3-6-18-5-1-2-10-22(18)19)33-25(23)32-21-9-4-8-20(15-21)29-13-11-27-12-14-29/h1-10,15-16,27-28H,11-14,17H2. The summed E-state index contributed by atoms with van der Waals surface area (Å²) in [6.45, 7) is 3.91. The molecule has 0 atom stereocenters. The molecule has 0 saturated carbocycles. The zero-order valence-corrected chi connectivity index (χ0v) is 20.7. The molecule has 0 aliphatic carbocycles. The van der Waals surface area contributed by atoms with Crippen LogP contribution in [0.15, 0.2) is 77.0 Å². The molecule has 0 amide bonds. The minimum Gasteiger partial charge on any atom is -0.445 e. The first-order valence-electron chi connectivity index (χ1n) is 11.0. The molecular formula is C25H24ClN3O3S2. The van der Waals surface area contributed by atoms with E-state index in [1.165, 1.54) is 6.07 Å². The molecule has 6 nitrogen and oxygen atoms in total. The van der Waals surface area contributed by atoms with Crippen LogP contribution in [0.1, 0.15) is 5.56 Å². The third kappa shape index (κ3) is 5.06. The van der Waals surface area contributed by atoms with Crippen molar-refractivity contribution in [2.45, 2.75) is 10.8 Å². The maximum absolute atomic E-state index is 13.0. The Hall–Kier alpha value is -2.62. The van der Waals surface area contributed by atoms with Gasteiger partial charge in [0.15, 0.2) is 0 Å². The molecule has 0 spiro atoms. The molecule has 4 aromatic rings. The number of halogens is 1. The van der Waals surface area contributed by atoms with Crippen LogP contribution in [-0.2, 0) is 16.6 Å². The highest BCUT2D eigenvalue weighted by atomic mass is 35.5. The number of thiophene rings is 1. The maximum atomic E-state index is 13.0. The number of nitrogens with one attached hydrogen (secondary N) is 2. The Kier molecular flexibility index (Phi) is 6.76. The molecule has 0 unspecified atom stereocenters. The number of ether oxygens (including phenoxy) is 1. The van der Waals surface area contributed by atoms with E-state index in [-0.39, 0.29) is 15.8 Å². The van der Waals surface area contributed by atoms with E-state index in [1.54, 1.807) is 0 Å². The Morgan fingerprint density at radius 2 is 1.76 bits per heavy atom. The van der Waals surface area contributed by atoms with Crippen molar-refractivity contribution in [1.29, 1.82) is 0 Å². The lowest BCUT2D eigenvalue weighted by Gasteiger charge is -2.29. The fraction of sp³-hybridized carbons (Fsp3) is 0.200. The monoisotopic (exact) mass is 513 g/mol. The summed E-state index contributed by atoms with van der Waals surface area (Å²) in [6, 6.07) is 23.0. The Labute approximate surface area is 208 Å². The third-order valence-electron chi connectivity index (χ3n) is 5.74. The van der Waals surface area contributed by atoms with Crippen LogP contribution < -0.4 is 19.7 Å². The lowest BCUT2D eigenvalue weighted by Crippen LogP contribution is -2.43. The van der Waals surface area contributed by atoms with E-state index in [9.17, 15) is 8.42 Å². The Morgan fingerprint density at radius 1 is 1.00 bits per heavy atom. The van der Waals surface area contributed by atoms with Crippen LogP contribution in [-0.4, -0.2) is 34.6 Å². The molecule has 9 heteroatoms. The predicted molar refractivity (Wildman–Crippen MR) is 139 cm³/mol. The summed E-state index contributed by atoms with van der Waals surface area (Å²) in [4.78, 5) is 2.28. The number of piperazine rings is 1. The molecule has 3 aromatic carbocycles. The van der Waals surface area contributed by atoms with Gasteiger partial charge in [-0.3, -0.25) is 0 Å². The van der Waals surface area contributed by atoms with Gasteiger partial charge in [0.2, 0.25) is 5.06 Å². The quantitative estimate of drug-likeness (QED) is 0.354. The Morgan fingerprint density at radius 3 is 2.62 bits per heavy atom. The second-order valence-electron chi connectivity index (χ2n) is 8.00. The van der Waals surface area contributed by atoms with Crippen LogP contribution in [0.3, 0.4) is 0 Å². The van der Waals surface area contributed by atoms with Crippen LogP contribution in [0.25, 0.3) is 10.8 Å². The van der Waals surface area contributed by atoms with E-state index in [0.717, 1.165) is 59.5 Å². The van der Waals surface area contributed by atoms with Gasteiger partial charge < -0.3 is 15.0 Å². The third-order valence-corrected chi connectivity index (χ3v) is 9.02. The van der Waals surface area contributed by atoms with Gasteiger partial charge >= 0.3 is 0 Å². The van der Waals surface area contributed by atoms with Crippen molar-refractivity contribution in [2.24, 2.45) is 0 Å². The average molecular weight is 514 g/mol. The summed E-state index contributed by atoms with van der Waals surface area (Å²) in [6.07, 6.45) is 0. The molecule has 1 aliphatic heterocycles. The first kappa shape index (κ1) is 23.1. The van der Waals surface area contributed by atoms with E-state index in [0.29, 0.717) is 10.8 Å². The molecule has 0 radical (unpaired) electrons. The molecule has 176 valence electrons. The van der Waals surface area contributed by atoms with Crippen LogP contribution in [0.4, 0.5) is 5.69 Å². The van der Waals surface area contributed by atoms with Crippen molar-refractivity contribution in [3.05, 3.63) is 83.4 Å². The topological polar surface area (TPSA) is 70.7 Å². The number of fused-ring (bicyclic) bond motifs is 1. The smallest absolute Gasteiger partial charge is 0.250 e. The molecule has 1 aliphatic rings. The van der Waals surface area contributed by atoms with E-state index in [4.69, 9.17) is 16.3 Å². The molecule has 1 aromatic heterocycles. The first-order chi connectivity index (χ1) is 16.5. The Balaban J connectivity index is 1.31. The van der Waals surface area contributed by atoms with E-state index in [2.05, 4.69) is 14.9 Å². The van der Waals surface area contributed by atoms with Crippen LogP contribution in [0.5, 0.6) is 10.8 Å². The van der Waals surface area contributed by atoms with Gasteiger partial charge in [0.1, 0.15) is 9.96 Å². The lowest BCUT2D eigenvalue weighted by molar-refractivity contribution is 0.496. The van der Waals surface area contributed by atoms with Gasteiger partial charge in [-0.05, 0) is 34.5 Å². The molecule has 2 N–H and O–H groups in total. The molecule has 1 saturated heterocycles. The fourth-order valence-electron chi connectivity index (χ4n) is 4.00.